The summed E-state index contributed by atoms with van der Waals surface area (Å²) in [5, 5.41) is 0. The predicted octanol–water partition coefficient (Wildman–Crippen LogP) is 2.66. The molecule has 0 aliphatic rings. The van der Waals surface area contributed by atoms with Crippen molar-refractivity contribution >= 4 is 5.82 Å². The molecule has 0 radical (unpaired) electrons. The van der Waals surface area contributed by atoms with Crippen LogP contribution in [-0.4, -0.2) is 25.3 Å². The van der Waals surface area contributed by atoms with Crippen molar-refractivity contribution in [3.63, 3.8) is 0 Å². The van der Waals surface area contributed by atoms with Gasteiger partial charge in [0.05, 0.1) is 6.61 Å². The molecule has 0 unspecified atom stereocenters. The van der Waals surface area contributed by atoms with Gasteiger partial charge < -0.3 is 15.2 Å². The van der Waals surface area contributed by atoms with Crippen molar-refractivity contribution in [2.75, 3.05) is 26.1 Å². The minimum atomic E-state index is 0.507. The van der Waals surface area contributed by atoms with Gasteiger partial charge in [0.25, 0.3) is 0 Å². The van der Waals surface area contributed by atoms with E-state index < -0.39 is 0 Å². The van der Waals surface area contributed by atoms with Gasteiger partial charge in [-0.2, -0.15) is 0 Å². The highest BCUT2D eigenvalue weighted by Crippen LogP contribution is 2.34. The molecule has 4 nitrogen and oxygen atoms in total. The number of benzene rings is 1. The van der Waals surface area contributed by atoms with E-state index in [2.05, 4.69) is 4.98 Å². The Hall–Kier alpha value is -2.07. The number of aromatic nitrogens is 1. The van der Waals surface area contributed by atoms with Crippen LogP contribution < -0.4 is 10.5 Å². The highest BCUT2D eigenvalue weighted by molar-refractivity contribution is 5.80. The SMILES string of the molecule is COCCOc1ccccc1-c1c(C)ccnc1N. The summed E-state index contributed by atoms with van der Waals surface area (Å²) in [6.07, 6.45) is 1.71. The highest BCUT2D eigenvalue weighted by atomic mass is 16.5. The summed E-state index contributed by atoms with van der Waals surface area (Å²) in [6, 6.07) is 9.76. The molecule has 2 aromatic rings. The summed E-state index contributed by atoms with van der Waals surface area (Å²) in [7, 11) is 1.65. The van der Waals surface area contributed by atoms with E-state index in [0.29, 0.717) is 19.0 Å². The van der Waals surface area contributed by atoms with Crippen LogP contribution in [0.25, 0.3) is 11.1 Å². The fourth-order valence-corrected chi connectivity index (χ4v) is 1.96. The van der Waals surface area contributed by atoms with Gasteiger partial charge in [-0.1, -0.05) is 18.2 Å². The minimum Gasteiger partial charge on any atom is -0.491 e. The average Bonchev–Trinajstić information content (AvgIpc) is 2.40. The molecule has 1 aromatic carbocycles. The lowest BCUT2D eigenvalue weighted by atomic mass is 10.0. The molecule has 0 saturated heterocycles. The van der Waals surface area contributed by atoms with Gasteiger partial charge in [0.1, 0.15) is 18.2 Å². The summed E-state index contributed by atoms with van der Waals surface area (Å²) in [5.41, 5.74) is 8.95. The minimum absolute atomic E-state index is 0.507. The van der Waals surface area contributed by atoms with Gasteiger partial charge in [-0.3, -0.25) is 0 Å². The van der Waals surface area contributed by atoms with E-state index >= 15 is 0 Å². The van der Waals surface area contributed by atoms with Crippen molar-refractivity contribution in [3.05, 3.63) is 42.1 Å². The van der Waals surface area contributed by atoms with E-state index in [1.165, 1.54) is 0 Å². The van der Waals surface area contributed by atoms with E-state index in [0.717, 1.165) is 22.4 Å². The lowest BCUT2D eigenvalue weighted by molar-refractivity contribution is 0.146. The van der Waals surface area contributed by atoms with Crippen molar-refractivity contribution in [3.8, 4) is 16.9 Å². The molecule has 0 saturated carbocycles. The molecule has 0 aliphatic carbocycles. The Morgan fingerprint density at radius 2 is 1.95 bits per heavy atom. The predicted molar refractivity (Wildman–Crippen MR) is 76.2 cm³/mol. The van der Waals surface area contributed by atoms with Gasteiger partial charge in [0.2, 0.25) is 0 Å². The molecule has 0 bridgehead atoms. The van der Waals surface area contributed by atoms with Crippen LogP contribution in [-0.2, 0) is 4.74 Å². The number of rotatable bonds is 5. The third kappa shape index (κ3) is 3.03. The normalized spacial score (nSPS) is 10.4. The zero-order chi connectivity index (χ0) is 13.7. The molecule has 2 rings (SSSR count). The Morgan fingerprint density at radius 3 is 2.68 bits per heavy atom. The number of nitrogens with two attached hydrogens (primary N) is 1. The number of hydrogen-bond acceptors (Lipinski definition) is 4. The number of methoxy groups -OCH3 is 1. The van der Waals surface area contributed by atoms with Crippen LogP contribution in [0.3, 0.4) is 0 Å². The maximum absolute atomic E-state index is 5.99. The van der Waals surface area contributed by atoms with Crippen LogP contribution in [0.1, 0.15) is 5.56 Å². The van der Waals surface area contributed by atoms with Crippen LogP contribution >= 0.6 is 0 Å². The fraction of sp³-hybridized carbons (Fsp3) is 0.267. The molecule has 4 heteroatoms. The lowest BCUT2D eigenvalue weighted by Gasteiger charge is -2.14. The smallest absolute Gasteiger partial charge is 0.131 e. The van der Waals surface area contributed by atoms with E-state index in [9.17, 15) is 0 Å². The summed E-state index contributed by atoms with van der Waals surface area (Å²) in [6.45, 7) is 3.07. The standard InChI is InChI=1S/C15H18N2O2/c1-11-7-8-17-15(16)14(11)12-5-3-4-6-13(12)19-10-9-18-2/h3-8H,9-10H2,1-2H3,(H2,16,17). The Labute approximate surface area is 113 Å². The van der Waals surface area contributed by atoms with E-state index in [1.807, 2.05) is 37.3 Å². The van der Waals surface area contributed by atoms with Crippen LogP contribution in [0, 0.1) is 6.92 Å². The number of nitrogen functional groups attached to an aromatic ring is 1. The Kier molecular flexibility index (Phi) is 4.36. The second-order valence-corrected chi connectivity index (χ2v) is 4.23. The van der Waals surface area contributed by atoms with Gasteiger partial charge in [-0.25, -0.2) is 4.98 Å². The van der Waals surface area contributed by atoms with Gasteiger partial charge >= 0.3 is 0 Å². The maximum atomic E-state index is 5.99. The second-order valence-electron chi connectivity index (χ2n) is 4.23. The molecule has 19 heavy (non-hydrogen) atoms. The number of nitrogens with zero attached hydrogens (tertiary/aromatic N) is 1. The third-order valence-corrected chi connectivity index (χ3v) is 2.89. The topological polar surface area (TPSA) is 57.4 Å². The molecule has 2 N–H and O–H groups in total. The van der Waals surface area contributed by atoms with E-state index in [-0.39, 0.29) is 0 Å². The molecule has 0 spiro atoms. The molecule has 0 atom stereocenters. The lowest BCUT2D eigenvalue weighted by Crippen LogP contribution is -2.06. The largest absolute Gasteiger partial charge is 0.491 e. The van der Waals surface area contributed by atoms with Gasteiger partial charge in [-0.15, -0.1) is 0 Å². The first-order valence-electron chi connectivity index (χ1n) is 6.16. The maximum Gasteiger partial charge on any atom is 0.131 e. The van der Waals surface area contributed by atoms with Crippen LogP contribution in [0.15, 0.2) is 36.5 Å². The van der Waals surface area contributed by atoms with E-state index in [4.69, 9.17) is 15.2 Å². The highest BCUT2D eigenvalue weighted by Gasteiger charge is 2.12. The molecule has 0 amide bonds. The number of para-hydroxylation sites is 1. The molecule has 100 valence electrons. The first-order chi connectivity index (χ1) is 9.24. The first kappa shape index (κ1) is 13.4. The first-order valence-corrected chi connectivity index (χ1v) is 6.16. The summed E-state index contributed by atoms with van der Waals surface area (Å²) in [4.78, 5) is 4.15. The monoisotopic (exact) mass is 258 g/mol. The van der Waals surface area contributed by atoms with Crippen molar-refractivity contribution in [1.29, 1.82) is 0 Å². The number of ether oxygens (including phenoxy) is 2. The summed E-state index contributed by atoms with van der Waals surface area (Å²) >= 11 is 0. The summed E-state index contributed by atoms with van der Waals surface area (Å²) in [5.74, 6) is 1.31. The van der Waals surface area contributed by atoms with Crippen LogP contribution in [0.4, 0.5) is 5.82 Å². The zero-order valence-corrected chi connectivity index (χ0v) is 11.2. The molecule has 0 fully saturated rings. The second kappa shape index (κ2) is 6.20. The van der Waals surface area contributed by atoms with E-state index in [1.54, 1.807) is 13.3 Å². The number of anilines is 1. The molecular weight excluding hydrogens is 240 g/mol. The molecular formula is C15H18N2O2. The molecule has 1 heterocycles. The molecule has 1 aromatic heterocycles. The van der Waals surface area contributed by atoms with Crippen molar-refractivity contribution in [2.24, 2.45) is 0 Å². The van der Waals surface area contributed by atoms with Crippen molar-refractivity contribution in [1.82, 2.24) is 4.98 Å². The number of hydrogen-bond donors (Lipinski definition) is 1. The van der Waals surface area contributed by atoms with Crippen molar-refractivity contribution in [2.45, 2.75) is 6.92 Å². The zero-order valence-electron chi connectivity index (χ0n) is 11.2. The Balaban J connectivity index is 2.39. The van der Waals surface area contributed by atoms with Gasteiger partial charge in [0.15, 0.2) is 0 Å². The number of pyridine rings is 1. The quantitative estimate of drug-likeness (QED) is 0.838. The summed E-state index contributed by atoms with van der Waals surface area (Å²) < 4.78 is 10.7. The van der Waals surface area contributed by atoms with Gasteiger partial charge in [0, 0.05) is 24.4 Å². The van der Waals surface area contributed by atoms with Crippen molar-refractivity contribution < 1.29 is 9.47 Å². The van der Waals surface area contributed by atoms with Crippen LogP contribution in [0.5, 0.6) is 5.75 Å². The average molecular weight is 258 g/mol. The molecule has 0 aliphatic heterocycles. The van der Waals surface area contributed by atoms with Crippen LogP contribution in [0.2, 0.25) is 0 Å². The van der Waals surface area contributed by atoms with Gasteiger partial charge in [-0.05, 0) is 24.6 Å². The Bertz CT molecular complexity index is 535. The fourth-order valence-electron chi connectivity index (χ4n) is 1.96. The third-order valence-electron chi connectivity index (χ3n) is 2.89. The Morgan fingerprint density at radius 1 is 1.16 bits per heavy atom. The number of aryl methyl sites for hydroxylation is 1.